The zero-order chi connectivity index (χ0) is 7.40. The van der Waals surface area contributed by atoms with Crippen molar-refractivity contribution >= 4 is 40.1 Å². The van der Waals surface area contributed by atoms with Crippen LogP contribution >= 0.6 is 34.2 Å². The van der Waals surface area contributed by atoms with Crippen molar-refractivity contribution in [2.45, 2.75) is 6.42 Å². The Balaban J connectivity index is 2.48. The molecule has 0 aliphatic rings. The Hall–Kier alpha value is -0.100. The maximum absolute atomic E-state index is 10.8. The Morgan fingerprint density at radius 1 is 1.80 bits per heavy atom. The largest absolute Gasteiger partial charge is 0.299 e. The Morgan fingerprint density at radius 2 is 2.60 bits per heavy atom. The van der Waals surface area contributed by atoms with Crippen LogP contribution in [0.1, 0.15) is 5.56 Å². The summed E-state index contributed by atoms with van der Waals surface area (Å²) in [5.74, 6) is 0.0546. The quantitative estimate of drug-likeness (QED) is 0.642. The fourth-order valence-corrected chi connectivity index (χ4v) is 1.47. The number of hydrogen-bond donors (Lipinski definition) is 1. The third-order valence-electron chi connectivity index (χ3n) is 1.05. The Morgan fingerprint density at radius 3 is 3.10 bits per heavy atom. The summed E-state index contributed by atoms with van der Waals surface area (Å²) in [7, 11) is 0. The summed E-state index contributed by atoms with van der Waals surface area (Å²) in [6.07, 6.45) is 0.492. The van der Waals surface area contributed by atoms with Gasteiger partial charge in [-0.2, -0.15) is 11.3 Å². The lowest BCUT2D eigenvalue weighted by Crippen LogP contribution is -2.13. The number of amides is 1. The number of halogens is 1. The molecule has 0 saturated carbocycles. The van der Waals surface area contributed by atoms with Crippen LogP contribution < -0.4 is 3.53 Å². The molecule has 1 amide bonds. The SMILES string of the molecule is O=C(Cc1ccsc1)NI. The van der Waals surface area contributed by atoms with Crippen molar-refractivity contribution < 1.29 is 4.79 Å². The minimum absolute atomic E-state index is 0.0546. The molecule has 0 aliphatic carbocycles. The number of carbonyl (C=O) groups excluding carboxylic acids is 1. The smallest absolute Gasteiger partial charge is 0.233 e. The van der Waals surface area contributed by atoms with E-state index in [1.54, 1.807) is 11.3 Å². The van der Waals surface area contributed by atoms with Crippen LogP contribution in [0.2, 0.25) is 0 Å². The van der Waals surface area contributed by atoms with E-state index < -0.39 is 0 Å². The summed E-state index contributed by atoms with van der Waals surface area (Å²) >= 11 is 3.45. The van der Waals surface area contributed by atoms with Crippen molar-refractivity contribution in [1.82, 2.24) is 3.53 Å². The monoisotopic (exact) mass is 267 g/mol. The maximum Gasteiger partial charge on any atom is 0.233 e. The molecule has 1 aromatic heterocycles. The number of nitrogens with one attached hydrogen (secondary N) is 1. The van der Waals surface area contributed by atoms with Crippen molar-refractivity contribution in [2.75, 3.05) is 0 Å². The van der Waals surface area contributed by atoms with Gasteiger partial charge in [0.25, 0.3) is 0 Å². The second kappa shape index (κ2) is 3.92. The predicted octanol–water partition coefficient (Wildman–Crippen LogP) is 1.76. The molecule has 0 aliphatic heterocycles. The highest BCUT2D eigenvalue weighted by atomic mass is 127. The van der Waals surface area contributed by atoms with Gasteiger partial charge in [0.05, 0.1) is 29.3 Å². The van der Waals surface area contributed by atoms with E-state index in [0.29, 0.717) is 6.42 Å². The average molecular weight is 267 g/mol. The summed E-state index contributed by atoms with van der Waals surface area (Å²) in [6, 6.07) is 1.95. The highest BCUT2D eigenvalue weighted by molar-refractivity contribution is 14.1. The van der Waals surface area contributed by atoms with E-state index in [1.807, 2.05) is 39.7 Å². The highest BCUT2D eigenvalue weighted by Crippen LogP contribution is 2.06. The standard InChI is InChI=1S/C6H6INOS/c7-8-6(9)3-5-1-2-10-4-5/h1-2,4H,3H2,(H,8,9). The van der Waals surface area contributed by atoms with Crippen molar-refractivity contribution in [3.05, 3.63) is 22.4 Å². The van der Waals surface area contributed by atoms with Crippen molar-refractivity contribution in [3.63, 3.8) is 0 Å². The lowest BCUT2D eigenvalue weighted by molar-refractivity contribution is -0.118. The van der Waals surface area contributed by atoms with Crippen LogP contribution in [0.15, 0.2) is 16.8 Å². The first-order chi connectivity index (χ1) is 4.83. The van der Waals surface area contributed by atoms with E-state index in [0.717, 1.165) is 5.56 Å². The number of carbonyl (C=O) groups is 1. The van der Waals surface area contributed by atoms with Gasteiger partial charge in [-0.25, -0.2) is 0 Å². The second-order valence-electron chi connectivity index (χ2n) is 1.83. The lowest BCUT2D eigenvalue weighted by Gasteiger charge is -1.92. The fourth-order valence-electron chi connectivity index (χ4n) is 0.612. The van der Waals surface area contributed by atoms with Gasteiger partial charge in [-0.3, -0.25) is 8.32 Å². The van der Waals surface area contributed by atoms with E-state index in [2.05, 4.69) is 3.53 Å². The molecular formula is C6H6INOS. The van der Waals surface area contributed by atoms with Gasteiger partial charge >= 0.3 is 0 Å². The molecule has 1 heterocycles. The number of hydrogen-bond acceptors (Lipinski definition) is 2. The van der Waals surface area contributed by atoms with Crippen LogP contribution in [-0.4, -0.2) is 5.91 Å². The molecule has 2 nitrogen and oxygen atoms in total. The Labute approximate surface area is 77.1 Å². The molecule has 1 aromatic rings. The maximum atomic E-state index is 10.8. The topological polar surface area (TPSA) is 29.1 Å². The zero-order valence-electron chi connectivity index (χ0n) is 5.13. The van der Waals surface area contributed by atoms with Crippen LogP contribution in [0.5, 0.6) is 0 Å². The fraction of sp³-hybridized carbons (Fsp3) is 0.167. The molecule has 0 bridgehead atoms. The van der Waals surface area contributed by atoms with Gasteiger partial charge in [0, 0.05) is 0 Å². The van der Waals surface area contributed by atoms with Crippen LogP contribution in [-0.2, 0) is 11.2 Å². The summed E-state index contributed by atoms with van der Waals surface area (Å²) in [4.78, 5) is 10.8. The molecule has 0 saturated heterocycles. The number of rotatable bonds is 2. The molecule has 0 aromatic carbocycles. The first kappa shape index (κ1) is 8.00. The van der Waals surface area contributed by atoms with E-state index in [9.17, 15) is 4.79 Å². The molecular weight excluding hydrogens is 261 g/mol. The van der Waals surface area contributed by atoms with Gasteiger partial charge in [-0.15, -0.1) is 0 Å². The molecule has 0 spiro atoms. The summed E-state index contributed by atoms with van der Waals surface area (Å²) in [5.41, 5.74) is 1.08. The van der Waals surface area contributed by atoms with Crippen LogP contribution in [0.4, 0.5) is 0 Å². The van der Waals surface area contributed by atoms with Gasteiger partial charge in [-0.05, 0) is 22.4 Å². The van der Waals surface area contributed by atoms with Crippen molar-refractivity contribution in [1.29, 1.82) is 0 Å². The van der Waals surface area contributed by atoms with Crippen molar-refractivity contribution in [2.24, 2.45) is 0 Å². The molecule has 4 heteroatoms. The summed E-state index contributed by atoms with van der Waals surface area (Å²) in [6.45, 7) is 0. The van der Waals surface area contributed by atoms with Crippen LogP contribution in [0.25, 0.3) is 0 Å². The van der Waals surface area contributed by atoms with Gasteiger partial charge in [-0.1, -0.05) is 0 Å². The first-order valence-electron chi connectivity index (χ1n) is 2.73. The van der Waals surface area contributed by atoms with Gasteiger partial charge in [0.2, 0.25) is 5.91 Å². The Kier molecular flexibility index (Phi) is 3.14. The molecule has 1 rings (SSSR count). The average Bonchev–Trinajstić information content (AvgIpc) is 2.40. The third-order valence-corrected chi connectivity index (χ3v) is 2.38. The third kappa shape index (κ3) is 2.26. The van der Waals surface area contributed by atoms with Crippen LogP contribution in [0.3, 0.4) is 0 Å². The summed E-state index contributed by atoms with van der Waals surface area (Å²) < 4.78 is 2.54. The lowest BCUT2D eigenvalue weighted by atomic mass is 10.2. The molecule has 0 atom stereocenters. The Bertz CT molecular complexity index is 210. The molecule has 0 unspecified atom stereocenters. The zero-order valence-corrected chi connectivity index (χ0v) is 8.11. The van der Waals surface area contributed by atoms with Crippen molar-refractivity contribution in [3.8, 4) is 0 Å². The van der Waals surface area contributed by atoms with E-state index in [4.69, 9.17) is 0 Å². The molecule has 0 radical (unpaired) electrons. The first-order valence-corrected chi connectivity index (χ1v) is 4.75. The highest BCUT2D eigenvalue weighted by Gasteiger charge is 1.99. The van der Waals surface area contributed by atoms with E-state index in [-0.39, 0.29) is 5.91 Å². The molecule has 1 N–H and O–H groups in total. The van der Waals surface area contributed by atoms with Gasteiger partial charge in [0.1, 0.15) is 0 Å². The predicted molar refractivity (Wildman–Crippen MR) is 50.2 cm³/mol. The minimum atomic E-state index is 0.0546. The molecule has 10 heavy (non-hydrogen) atoms. The summed E-state index contributed by atoms with van der Waals surface area (Å²) in [5, 5.41) is 3.95. The van der Waals surface area contributed by atoms with Gasteiger partial charge in [0.15, 0.2) is 0 Å². The number of thiophene rings is 1. The normalized spacial score (nSPS) is 9.30. The van der Waals surface area contributed by atoms with Crippen LogP contribution in [0, 0.1) is 0 Å². The second-order valence-corrected chi connectivity index (χ2v) is 3.15. The van der Waals surface area contributed by atoms with E-state index in [1.165, 1.54) is 0 Å². The van der Waals surface area contributed by atoms with E-state index >= 15 is 0 Å². The molecule has 54 valence electrons. The minimum Gasteiger partial charge on any atom is -0.299 e. The molecule has 0 fully saturated rings. The van der Waals surface area contributed by atoms with Gasteiger partial charge < -0.3 is 0 Å².